The van der Waals surface area contributed by atoms with E-state index in [0.29, 0.717) is 33.1 Å². The second-order valence-corrected chi connectivity index (χ2v) is 8.15. The quantitative estimate of drug-likeness (QED) is 0.423. The van der Waals surface area contributed by atoms with E-state index in [-0.39, 0.29) is 11.3 Å². The number of carbonyl (C=O) groups excluding carboxylic acids is 1. The lowest BCUT2D eigenvalue weighted by Crippen LogP contribution is -2.26. The predicted molar refractivity (Wildman–Crippen MR) is 128 cm³/mol. The maximum atomic E-state index is 13.3. The molecule has 0 unspecified atom stereocenters. The van der Waals surface area contributed by atoms with Gasteiger partial charge in [-0.2, -0.15) is 9.78 Å². The molecule has 33 heavy (non-hydrogen) atoms. The van der Waals surface area contributed by atoms with E-state index in [0.717, 1.165) is 10.2 Å². The third kappa shape index (κ3) is 3.79. The molecule has 0 saturated carbocycles. The second-order valence-electron chi connectivity index (χ2n) is 7.12. The van der Waals surface area contributed by atoms with E-state index >= 15 is 0 Å². The van der Waals surface area contributed by atoms with Crippen molar-refractivity contribution in [3.05, 3.63) is 82.8 Å². The highest BCUT2D eigenvalue weighted by Gasteiger charge is 2.19. The predicted octanol–water partition coefficient (Wildman–Crippen LogP) is 4.26. The number of ether oxygens (including phenoxy) is 2. The molecular weight excluding hydrogens is 440 g/mol. The Balaban J connectivity index is 1.60. The summed E-state index contributed by atoms with van der Waals surface area (Å²) < 4.78 is 12.6. The number of fused-ring (bicyclic) bond motifs is 2. The Morgan fingerprint density at radius 1 is 0.939 bits per heavy atom. The maximum Gasteiger partial charge on any atom is 0.279 e. The van der Waals surface area contributed by atoms with Gasteiger partial charge in [-0.15, -0.1) is 0 Å². The van der Waals surface area contributed by atoms with Gasteiger partial charge in [-0.25, -0.2) is 4.98 Å². The van der Waals surface area contributed by atoms with Crippen LogP contribution in [0.15, 0.2) is 71.5 Å². The van der Waals surface area contributed by atoms with E-state index in [2.05, 4.69) is 15.4 Å². The largest absolute Gasteiger partial charge is 0.497 e. The minimum absolute atomic E-state index is 0.116. The molecule has 2 heterocycles. The fraction of sp³-hybridized carbons (Fsp3) is 0.0833. The van der Waals surface area contributed by atoms with Crippen LogP contribution in [0.4, 0.5) is 5.13 Å². The van der Waals surface area contributed by atoms with Gasteiger partial charge in [0.1, 0.15) is 11.5 Å². The molecule has 0 bridgehead atoms. The number of aromatic nitrogens is 3. The van der Waals surface area contributed by atoms with Gasteiger partial charge < -0.3 is 9.47 Å². The molecule has 0 atom stereocenters. The van der Waals surface area contributed by atoms with E-state index in [1.165, 1.54) is 16.0 Å². The lowest BCUT2D eigenvalue weighted by atomic mass is 10.1. The molecule has 0 saturated heterocycles. The van der Waals surface area contributed by atoms with Crippen molar-refractivity contribution in [3.63, 3.8) is 0 Å². The van der Waals surface area contributed by atoms with Crippen LogP contribution < -0.4 is 20.3 Å². The zero-order valence-electron chi connectivity index (χ0n) is 17.7. The summed E-state index contributed by atoms with van der Waals surface area (Å²) in [6.45, 7) is 0. The summed E-state index contributed by atoms with van der Waals surface area (Å²) in [4.78, 5) is 30.9. The Morgan fingerprint density at radius 3 is 2.48 bits per heavy atom. The minimum atomic E-state index is -0.464. The number of rotatable bonds is 5. The fourth-order valence-electron chi connectivity index (χ4n) is 3.52. The molecule has 8 nitrogen and oxygen atoms in total. The number of thiazole rings is 1. The molecule has 0 spiro atoms. The van der Waals surface area contributed by atoms with E-state index in [1.54, 1.807) is 62.8 Å². The van der Waals surface area contributed by atoms with Crippen LogP contribution in [0, 0.1) is 0 Å². The van der Waals surface area contributed by atoms with Crippen LogP contribution in [0.1, 0.15) is 10.5 Å². The summed E-state index contributed by atoms with van der Waals surface area (Å²) in [5, 5.41) is 8.51. The van der Waals surface area contributed by atoms with Crippen LogP contribution in [0.25, 0.3) is 26.7 Å². The van der Waals surface area contributed by atoms with Crippen molar-refractivity contribution in [1.29, 1.82) is 0 Å². The number of nitrogens with one attached hydrogen (secondary N) is 1. The average molecular weight is 458 g/mol. The lowest BCUT2D eigenvalue weighted by Gasteiger charge is -2.11. The molecule has 9 heteroatoms. The Labute approximate surface area is 192 Å². The molecule has 164 valence electrons. The molecule has 5 aromatic rings. The van der Waals surface area contributed by atoms with Crippen molar-refractivity contribution in [3.8, 4) is 17.2 Å². The number of carbonyl (C=O) groups is 1. The Bertz CT molecular complexity index is 1570. The number of hydrogen-bond donors (Lipinski definition) is 1. The number of nitrogens with zero attached hydrogens (tertiary/aromatic N) is 3. The zero-order chi connectivity index (χ0) is 22.9. The highest BCUT2D eigenvalue weighted by atomic mass is 32.1. The van der Waals surface area contributed by atoms with Crippen LogP contribution in [0.2, 0.25) is 0 Å². The Hall–Kier alpha value is -4.24. The van der Waals surface area contributed by atoms with Gasteiger partial charge in [-0.1, -0.05) is 35.6 Å². The zero-order valence-corrected chi connectivity index (χ0v) is 18.6. The number of hydrogen-bond acceptors (Lipinski definition) is 7. The molecule has 0 aliphatic rings. The SMILES string of the molecule is COc1cccc(-n2nc(C(=O)Nc3nc4ccc(OC)cc4s3)c3ccccc3c2=O)c1. The van der Waals surface area contributed by atoms with Crippen molar-refractivity contribution >= 4 is 43.4 Å². The van der Waals surface area contributed by atoms with Gasteiger partial charge in [0.05, 0.1) is 35.5 Å². The molecule has 1 amide bonds. The molecular formula is C24H18N4O4S. The molecule has 0 radical (unpaired) electrons. The van der Waals surface area contributed by atoms with Crippen molar-refractivity contribution in [1.82, 2.24) is 14.8 Å². The third-order valence-corrected chi connectivity index (χ3v) is 6.07. The Morgan fingerprint density at radius 2 is 1.70 bits per heavy atom. The van der Waals surface area contributed by atoms with E-state index < -0.39 is 5.91 Å². The van der Waals surface area contributed by atoms with Crippen LogP contribution in [-0.4, -0.2) is 34.9 Å². The number of amides is 1. The lowest BCUT2D eigenvalue weighted by molar-refractivity contribution is 0.102. The van der Waals surface area contributed by atoms with Crippen LogP contribution in [0.3, 0.4) is 0 Å². The average Bonchev–Trinajstić information content (AvgIpc) is 3.25. The third-order valence-electron chi connectivity index (χ3n) is 5.13. The van der Waals surface area contributed by atoms with Gasteiger partial charge in [-0.3, -0.25) is 14.9 Å². The van der Waals surface area contributed by atoms with Gasteiger partial charge in [0.2, 0.25) is 0 Å². The maximum absolute atomic E-state index is 13.3. The van der Waals surface area contributed by atoms with Gasteiger partial charge in [0, 0.05) is 11.5 Å². The number of benzene rings is 3. The summed E-state index contributed by atoms with van der Waals surface area (Å²) in [7, 11) is 3.14. The van der Waals surface area contributed by atoms with E-state index in [9.17, 15) is 9.59 Å². The van der Waals surface area contributed by atoms with Crippen molar-refractivity contribution in [2.45, 2.75) is 0 Å². The molecule has 0 aliphatic heterocycles. The van der Waals surface area contributed by atoms with Gasteiger partial charge >= 0.3 is 0 Å². The van der Waals surface area contributed by atoms with Crippen molar-refractivity contribution < 1.29 is 14.3 Å². The molecule has 0 aliphatic carbocycles. The van der Waals surface area contributed by atoms with Crippen LogP contribution in [-0.2, 0) is 0 Å². The number of methoxy groups -OCH3 is 2. The molecule has 1 N–H and O–H groups in total. The van der Waals surface area contributed by atoms with Crippen molar-refractivity contribution in [2.75, 3.05) is 19.5 Å². The van der Waals surface area contributed by atoms with Crippen molar-refractivity contribution in [2.24, 2.45) is 0 Å². The first kappa shape index (κ1) is 20.7. The summed E-state index contributed by atoms with van der Waals surface area (Å²) in [6, 6.07) is 19.3. The summed E-state index contributed by atoms with van der Waals surface area (Å²) in [5.41, 5.74) is 1.02. The monoisotopic (exact) mass is 458 g/mol. The topological polar surface area (TPSA) is 95.3 Å². The van der Waals surface area contributed by atoms with Gasteiger partial charge in [-0.05, 0) is 36.4 Å². The first-order valence-electron chi connectivity index (χ1n) is 10.00. The molecule has 3 aromatic carbocycles. The first-order chi connectivity index (χ1) is 16.1. The summed E-state index contributed by atoms with van der Waals surface area (Å²) >= 11 is 1.33. The first-order valence-corrected chi connectivity index (χ1v) is 10.8. The smallest absolute Gasteiger partial charge is 0.279 e. The second kappa shape index (κ2) is 8.36. The van der Waals surface area contributed by atoms with Crippen LogP contribution in [0.5, 0.6) is 11.5 Å². The van der Waals surface area contributed by atoms with Crippen LogP contribution >= 0.6 is 11.3 Å². The number of anilines is 1. The summed E-state index contributed by atoms with van der Waals surface area (Å²) in [6.07, 6.45) is 0. The van der Waals surface area contributed by atoms with Gasteiger partial charge in [0.25, 0.3) is 11.5 Å². The van der Waals surface area contributed by atoms with E-state index in [4.69, 9.17) is 9.47 Å². The normalized spacial score (nSPS) is 11.0. The Kier molecular flexibility index (Phi) is 5.23. The van der Waals surface area contributed by atoms with E-state index in [1.807, 2.05) is 18.2 Å². The molecule has 5 rings (SSSR count). The fourth-order valence-corrected chi connectivity index (χ4v) is 4.41. The molecule has 0 fully saturated rings. The summed E-state index contributed by atoms with van der Waals surface area (Å²) in [5.74, 6) is 0.821. The minimum Gasteiger partial charge on any atom is -0.497 e. The molecule has 2 aromatic heterocycles. The highest BCUT2D eigenvalue weighted by Crippen LogP contribution is 2.29. The van der Waals surface area contributed by atoms with Gasteiger partial charge in [0.15, 0.2) is 10.8 Å². The standard InChI is InChI=1S/C24H18N4O4S/c1-31-15-7-5-6-14(12-15)28-23(30)18-9-4-3-8-17(18)21(27-28)22(29)26-24-25-19-11-10-16(32-2)13-20(19)33-24/h3-13H,1-2H3,(H,25,26,29). The highest BCUT2D eigenvalue weighted by molar-refractivity contribution is 7.22.